The van der Waals surface area contributed by atoms with E-state index in [1.807, 2.05) is 40.0 Å². The highest BCUT2D eigenvalue weighted by atomic mass is 16.6. The number of nitrogens with zero attached hydrogens (tertiary/aromatic N) is 2. The van der Waals surface area contributed by atoms with Gasteiger partial charge in [0.25, 0.3) is 0 Å². The molecular weight excluding hydrogens is 266 g/mol. The molecule has 1 amide bonds. The Morgan fingerprint density at radius 1 is 1.43 bits per heavy atom. The third kappa shape index (κ3) is 6.02. The predicted molar refractivity (Wildman–Crippen MR) is 85.5 cm³/mol. The first kappa shape index (κ1) is 17.3. The lowest BCUT2D eigenvalue weighted by Crippen LogP contribution is -2.32. The fourth-order valence-corrected chi connectivity index (χ4v) is 1.72. The van der Waals surface area contributed by atoms with E-state index < -0.39 is 11.7 Å². The van der Waals surface area contributed by atoms with Crippen molar-refractivity contribution in [3.63, 3.8) is 0 Å². The van der Waals surface area contributed by atoms with Crippen LogP contribution in [0.5, 0.6) is 0 Å². The third-order valence-electron chi connectivity index (χ3n) is 3.26. The van der Waals surface area contributed by atoms with Crippen LogP contribution in [0.2, 0.25) is 0 Å². The molecule has 1 unspecified atom stereocenters. The molecule has 0 bridgehead atoms. The van der Waals surface area contributed by atoms with Gasteiger partial charge in [0.1, 0.15) is 11.4 Å². The fraction of sp³-hybridized carbons (Fsp3) is 0.625. The van der Waals surface area contributed by atoms with Crippen LogP contribution in [0.1, 0.15) is 46.6 Å². The average Bonchev–Trinajstić information content (AvgIpc) is 2.42. The van der Waals surface area contributed by atoms with Crippen molar-refractivity contribution in [3.8, 4) is 0 Å². The van der Waals surface area contributed by atoms with Crippen LogP contribution >= 0.6 is 0 Å². The van der Waals surface area contributed by atoms with Gasteiger partial charge in [-0.3, -0.25) is 0 Å². The number of alkyl carbamates (subject to hydrolysis) is 1. The Bertz CT molecular complexity index is 452. The van der Waals surface area contributed by atoms with Crippen LogP contribution in [0.25, 0.3) is 0 Å². The summed E-state index contributed by atoms with van der Waals surface area (Å²) in [4.78, 5) is 18.2. The van der Waals surface area contributed by atoms with Gasteiger partial charge in [0.2, 0.25) is 0 Å². The largest absolute Gasteiger partial charge is 0.444 e. The molecule has 0 aliphatic rings. The Hall–Kier alpha value is -1.78. The topological polar surface area (TPSA) is 54.5 Å². The lowest BCUT2D eigenvalue weighted by atomic mass is 10.2. The zero-order valence-corrected chi connectivity index (χ0v) is 13.9. The van der Waals surface area contributed by atoms with E-state index in [0.29, 0.717) is 12.6 Å². The molecule has 21 heavy (non-hydrogen) atoms. The van der Waals surface area contributed by atoms with Crippen LogP contribution in [0.15, 0.2) is 18.3 Å². The zero-order chi connectivity index (χ0) is 16.0. The Kier molecular flexibility index (Phi) is 6.00. The zero-order valence-electron chi connectivity index (χ0n) is 13.9. The first-order valence-corrected chi connectivity index (χ1v) is 7.37. The van der Waals surface area contributed by atoms with Gasteiger partial charge in [0.15, 0.2) is 0 Å². The number of aromatic nitrogens is 1. The van der Waals surface area contributed by atoms with Crippen LogP contribution in [-0.4, -0.2) is 29.8 Å². The van der Waals surface area contributed by atoms with Crippen molar-refractivity contribution in [2.45, 2.75) is 59.2 Å². The Labute approximate surface area is 127 Å². The summed E-state index contributed by atoms with van der Waals surface area (Å²) in [6.45, 7) is 10.3. The highest BCUT2D eigenvalue weighted by Crippen LogP contribution is 2.14. The van der Waals surface area contributed by atoms with E-state index in [4.69, 9.17) is 4.74 Å². The second-order valence-corrected chi connectivity index (χ2v) is 6.25. The lowest BCUT2D eigenvalue weighted by Gasteiger charge is -2.25. The minimum absolute atomic E-state index is 0.412. The van der Waals surface area contributed by atoms with Gasteiger partial charge in [-0.25, -0.2) is 9.78 Å². The van der Waals surface area contributed by atoms with Gasteiger partial charge < -0.3 is 15.0 Å². The van der Waals surface area contributed by atoms with E-state index in [2.05, 4.69) is 29.0 Å². The van der Waals surface area contributed by atoms with Gasteiger partial charge in [-0.1, -0.05) is 13.0 Å². The molecule has 1 aromatic rings. The molecule has 0 aliphatic heterocycles. The van der Waals surface area contributed by atoms with Crippen molar-refractivity contribution in [1.82, 2.24) is 10.3 Å². The van der Waals surface area contributed by atoms with Crippen LogP contribution in [0.4, 0.5) is 10.6 Å². The number of carbonyl (C=O) groups excluding carboxylic acids is 1. The third-order valence-corrected chi connectivity index (χ3v) is 3.26. The second-order valence-electron chi connectivity index (χ2n) is 6.25. The summed E-state index contributed by atoms with van der Waals surface area (Å²) >= 11 is 0. The molecule has 1 N–H and O–H groups in total. The van der Waals surface area contributed by atoms with Crippen molar-refractivity contribution >= 4 is 11.9 Å². The second kappa shape index (κ2) is 7.29. The summed E-state index contributed by atoms with van der Waals surface area (Å²) in [7, 11) is 2.04. The molecule has 1 heterocycles. The van der Waals surface area contributed by atoms with Crippen LogP contribution in [0, 0.1) is 0 Å². The normalized spacial score (nSPS) is 12.7. The SMILES string of the molecule is CCC(C)N(C)c1ccc(CNC(=O)OC(C)(C)C)cn1. The number of amides is 1. The van der Waals surface area contributed by atoms with Crippen LogP contribution < -0.4 is 10.2 Å². The maximum Gasteiger partial charge on any atom is 0.407 e. The van der Waals surface area contributed by atoms with Gasteiger partial charge in [-0.2, -0.15) is 0 Å². The summed E-state index contributed by atoms with van der Waals surface area (Å²) in [5.74, 6) is 0.936. The number of ether oxygens (including phenoxy) is 1. The summed E-state index contributed by atoms with van der Waals surface area (Å²) in [5, 5.41) is 2.72. The lowest BCUT2D eigenvalue weighted by molar-refractivity contribution is 0.0523. The molecule has 1 atom stereocenters. The molecular formula is C16H27N3O2. The Morgan fingerprint density at radius 2 is 2.10 bits per heavy atom. The number of rotatable bonds is 5. The monoisotopic (exact) mass is 293 g/mol. The molecule has 5 heteroatoms. The maximum absolute atomic E-state index is 11.6. The molecule has 0 spiro atoms. The molecule has 5 nitrogen and oxygen atoms in total. The molecule has 118 valence electrons. The standard InChI is InChI=1S/C16H27N3O2/c1-7-12(2)19(6)14-9-8-13(10-17-14)11-18-15(20)21-16(3,4)5/h8-10,12H,7,11H2,1-6H3,(H,18,20). The number of anilines is 1. The molecule has 0 saturated heterocycles. The van der Waals surface area contributed by atoms with Gasteiger partial charge >= 0.3 is 6.09 Å². The number of carbonyl (C=O) groups is 1. The molecule has 0 radical (unpaired) electrons. The smallest absolute Gasteiger partial charge is 0.407 e. The van der Waals surface area contributed by atoms with E-state index in [-0.39, 0.29) is 0 Å². The van der Waals surface area contributed by atoms with Crippen LogP contribution in [0.3, 0.4) is 0 Å². The van der Waals surface area contributed by atoms with Gasteiger partial charge in [-0.05, 0) is 45.7 Å². The number of nitrogens with one attached hydrogen (secondary N) is 1. The molecule has 1 rings (SSSR count). The van der Waals surface area contributed by atoms with Gasteiger partial charge in [0.05, 0.1) is 0 Å². The van der Waals surface area contributed by atoms with Crippen molar-refractivity contribution in [1.29, 1.82) is 0 Å². The Morgan fingerprint density at radius 3 is 2.57 bits per heavy atom. The summed E-state index contributed by atoms with van der Waals surface area (Å²) in [6, 6.07) is 4.39. The predicted octanol–water partition coefficient (Wildman–Crippen LogP) is 3.34. The molecule has 0 aromatic carbocycles. The molecule has 0 fully saturated rings. The number of hydrogen-bond acceptors (Lipinski definition) is 4. The fourth-order valence-electron chi connectivity index (χ4n) is 1.72. The Balaban J connectivity index is 2.54. The maximum atomic E-state index is 11.6. The minimum Gasteiger partial charge on any atom is -0.444 e. The number of hydrogen-bond donors (Lipinski definition) is 1. The first-order valence-electron chi connectivity index (χ1n) is 7.37. The van der Waals surface area contributed by atoms with Gasteiger partial charge in [-0.15, -0.1) is 0 Å². The van der Waals surface area contributed by atoms with E-state index in [1.54, 1.807) is 6.20 Å². The van der Waals surface area contributed by atoms with E-state index in [1.165, 1.54) is 0 Å². The summed E-state index contributed by atoms with van der Waals surface area (Å²) < 4.78 is 5.19. The number of pyridine rings is 1. The van der Waals surface area contributed by atoms with E-state index >= 15 is 0 Å². The molecule has 0 aliphatic carbocycles. The van der Waals surface area contributed by atoms with E-state index in [9.17, 15) is 4.79 Å². The summed E-state index contributed by atoms with van der Waals surface area (Å²) in [5.41, 5.74) is 0.465. The van der Waals surface area contributed by atoms with Crippen molar-refractivity contribution in [2.75, 3.05) is 11.9 Å². The first-order chi connectivity index (χ1) is 9.73. The highest BCUT2D eigenvalue weighted by Gasteiger charge is 2.15. The quantitative estimate of drug-likeness (QED) is 0.904. The van der Waals surface area contributed by atoms with Crippen LogP contribution in [-0.2, 0) is 11.3 Å². The van der Waals surface area contributed by atoms with Gasteiger partial charge in [0, 0.05) is 25.8 Å². The molecule has 1 aromatic heterocycles. The highest BCUT2D eigenvalue weighted by molar-refractivity contribution is 5.67. The van der Waals surface area contributed by atoms with E-state index in [0.717, 1.165) is 17.8 Å². The average molecular weight is 293 g/mol. The van der Waals surface area contributed by atoms with Crippen molar-refractivity contribution in [3.05, 3.63) is 23.9 Å². The van der Waals surface area contributed by atoms with Crippen molar-refractivity contribution < 1.29 is 9.53 Å². The van der Waals surface area contributed by atoms with Crippen molar-refractivity contribution in [2.24, 2.45) is 0 Å². The molecule has 0 saturated carbocycles. The minimum atomic E-state index is -0.481. The summed E-state index contributed by atoms with van der Waals surface area (Å²) in [6.07, 6.45) is 2.44.